The summed E-state index contributed by atoms with van der Waals surface area (Å²) in [7, 11) is 1.94. The van der Waals surface area contributed by atoms with Gasteiger partial charge in [-0.3, -0.25) is 9.69 Å². The number of carbonyl (C=O) groups is 2. The Balaban J connectivity index is 1.29. The van der Waals surface area contributed by atoms with Crippen molar-refractivity contribution in [3.8, 4) is 11.6 Å². The van der Waals surface area contributed by atoms with E-state index in [0.717, 1.165) is 11.6 Å². The SMILES string of the molecule is CC(=O)Nc1cc(Oc2ccc3c(c2)CCN3C(=O)Nc2ccc(N3CCN(C)CC3)c(C(F)(F)F)c2)ncn1. The molecule has 5 rings (SSSR count). The fraction of sp³-hybridized carbons (Fsp3) is 0.333. The Labute approximate surface area is 228 Å². The van der Waals surface area contributed by atoms with E-state index in [1.165, 1.54) is 36.4 Å². The number of ether oxygens (including phenoxy) is 1. The number of urea groups is 1. The molecule has 2 aromatic carbocycles. The molecular weight excluding hydrogens is 527 g/mol. The summed E-state index contributed by atoms with van der Waals surface area (Å²) in [6.07, 6.45) is -2.76. The van der Waals surface area contributed by atoms with Crippen LogP contribution in [0.25, 0.3) is 0 Å². The Bertz CT molecular complexity index is 1420. The summed E-state index contributed by atoms with van der Waals surface area (Å²) in [5.41, 5.74) is 0.888. The molecule has 0 radical (unpaired) electrons. The van der Waals surface area contributed by atoms with Crippen LogP contribution in [0.4, 0.5) is 40.8 Å². The van der Waals surface area contributed by atoms with E-state index >= 15 is 0 Å². The summed E-state index contributed by atoms with van der Waals surface area (Å²) < 4.78 is 47.7. The van der Waals surface area contributed by atoms with Gasteiger partial charge in [0.05, 0.1) is 5.56 Å². The molecule has 2 N–H and O–H groups in total. The Hall–Kier alpha value is -4.39. The van der Waals surface area contributed by atoms with Crippen LogP contribution in [-0.2, 0) is 17.4 Å². The third-order valence-electron chi connectivity index (χ3n) is 6.76. The highest BCUT2D eigenvalue weighted by atomic mass is 19.4. The number of fused-ring (bicyclic) bond motifs is 1. The molecule has 0 unspecified atom stereocenters. The number of hydrogen-bond acceptors (Lipinski definition) is 7. The number of nitrogens with zero attached hydrogens (tertiary/aromatic N) is 5. The van der Waals surface area contributed by atoms with E-state index < -0.39 is 17.8 Å². The molecule has 0 saturated carbocycles. The summed E-state index contributed by atoms with van der Waals surface area (Å²) >= 11 is 0. The lowest BCUT2D eigenvalue weighted by molar-refractivity contribution is -0.137. The number of anilines is 4. The minimum atomic E-state index is -4.57. The van der Waals surface area contributed by atoms with E-state index in [1.807, 2.05) is 7.05 Å². The number of benzene rings is 2. The molecule has 3 heterocycles. The molecular formula is C27H28F3N7O3. The first-order chi connectivity index (χ1) is 19.1. The normalized spacial score (nSPS) is 15.5. The molecule has 0 aliphatic carbocycles. The number of aromatic nitrogens is 2. The number of alkyl halides is 3. The van der Waals surface area contributed by atoms with Gasteiger partial charge in [0.15, 0.2) is 0 Å². The van der Waals surface area contributed by atoms with E-state index in [9.17, 15) is 22.8 Å². The number of rotatable bonds is 5. The average molecular weight is 556 g/mol. The van der Waals surface area contributed by atoms with Gasteiger partial charge in [-0.15, -0.1) is 0 Å². The zero-order valence-corrected chi connectivity index (χ0v) is 22.0. The van der Waals surface area contributed by atoms with E-state index in [-0.39, 0.29) is 23.2 Å². The van der Waals surface area contributed by atoms with E-state index in [4.69, 9.17) is 4.74 Å². The fourth-order valence-electron chi connectivity index (χ4n) is 4.77. The standard InChI is InChI=1S/C27H28F3N7O3/c1-17(38)33-24-15-25(32-16-31-24)40-20-4-6-22-18(13-20)7-8-37(22)26(39)34-19-3-5-23(21(14-19)27(28,29)30)36-11-9-35(2)10-12-36/h3-6,13-16H,7-12H2,1-2H3,(H,34,39)(H,31,32,33,38). The first-order valence-electron chi connectivity index (χ1n) is 12.7. The zero-order chi connectivity index (χ0) is 28.4. The average Bonchev–Trinajstić information content (AvgIpc) is 3.32. The van der Waals surface area contributed by atoms with Gasteiger partial charge in [-0.25, -0.2) is 14.8 Å². The van der Waals surface area contributed by atoms with E-state index in [1.54, 1.807) is 23.1 Å². The van der Waals surface area contributed by atoms with Gasteiger partial charge in [-0.1, -0.05) is 0 Å². The Morgan fingerprint density at radius 1 is 0.925 bits per heavy atom. The summed E-state index contributed by atoms with van der Waals surface area (Å²) in [6.45, 7) is 4.06. The molecule has 1 fully saturated rings. The second-order valence-electron chi connectivity index (χ2n) is 9.67. The largest absolute Gasteiger partial charge is 0.439 e. The van der Waals surface area contributed by atoms with Crippen LogP contribution in [0, 0.1) is 0 Å². The number of likely N-dealkylation sites (N-methyl/N-ethyl adjacent to an activating group) is 1. The minimum absolute atomic E-state index is 0.0716. The van der Waals surface area contributed by atoms with Gasteiger partial charge in [0.1, 0.15) is 17.9 Å². The summed E-state index contributed by atoms with van der Waals surface area (Å²) in [5, 5.41) is 5.18. The maximum atomic E-state index is 14.0. The molecule has 0 atom stereocenters. The molecule has 0 bridgehead atoms. The van der Waals surface area contributed by atoms with Crippen molar-refractivity contribution in [1.29, 1.82) is 0 Å². The summed E-state index contributed by atoms with van der Waals surface area (Å²) in [6, 6.07) is 10.0. The topological polar surface area (TPSA) is 103 Å². The number of nitrogens with one attached hydrogen (secondary N) is 2. The number of halogens is 3. The predicted molar refractivity (Wildman–Crippen MR) is 144 cm³/mol. The van der Waals surface area contributed by atoms with Gasteiger partial charge >= 0.3 is 12.2 Å². The number of carbonyl (C=O) groups excluding carboxylic acids is 2. The molecule has 2 aliphatic heterocycles. The van der Waals surface area contributed by atoms with Crippen LogP contribution in [0.2, 0.25) is 0 Å². The van der Waals surface area contributed by atoms with Crippen molar-refractivity contribution in [2.45, 2.75) is 19.5 Å². The fourth-order valence-corrected chi connectivity index (χ4v) is 4.77. The van der Waals surface area contributed by atoms with Gasteiger partial charge in [0.25, 0.3) is 0 Å². The predicted octanol–water partition coefficient (Wildman–Crippen LogP) is 4.59. The lowest BCUT2D eigenvalue weighted by atomic mass is 10.1. The van der Waals surface area contributed by atoms with Crippen molar-refractivity contribution in [2.75, 3.05) is 60.2 Å². The minimum Gasteiger partial charge on any atom is -0.439 e. The molecule has 10 nitrogen and oxygen atoms in total. The Morgan fingerprint density at radius 2 is 1.68 bits per heavy atom. The highest BCUT2D eigenvalue weighted by Gasteiger charge is 2.36. The van der Waals surface area contributed by atoms with Gasteiger partial charge in [0, 0.05) is 62.8 Å². The van der Waals surface area contributed by atoms with Crippen LogP contribution < -0.4 is 25.2 Å². The van der Waals surface area contributed by atoms with Crippen LogP contribution in [0.1, 0.15) is 18.1 Å². The zero-order valence-electron chi connectivity index (χ0n) is 22.0. The Morgan fingerprint density at radius 3 is 2.40 bits per heavy atom. The Kier molecular flexibility index (Phi) is 7.48. The van der Waals surface area contributed by atoms with Crippen molar-refractivity contribution in [1.82, 2.24) is 14.9 Å². The van der Waals surface area contributed by atoms with Gasteiger partial charge < -0.3 is 25.2 Å². The maximum absolute atomic E-state index is 14.0. The summed E-state index contributed by atoms with van der Waals surface area (Å²) in [5.74, 6) is 0.725. The molecule has 40 heavy (non-hydrogen) atoms. The molecule has 1 saturated heterocycles. The van der Waals surface area contributed by atoms with Crippen molar-refractivity contribution in [3.05, 3.63) is 59.9 Å². The summed E-state index contributed by atoms with van der Waals surface area (Å²) in [4.78, 5) is 37.6. The molecule has 1 aromatic heterocycles. The van der Waals surface area contributed by atoms with Crippen LogP contribution in [0.3, 0.4) is 0 Å². The number of amides is 3. The van der Waals surface area contributed by atoms with Crippen molar-refractivity contribution >= 4 is 34.8 Å². The second kappa shape index (κ2) is 11.0. The molecule has 3 aromatic rings. The van der Waals surface area contributed by atoms with Crippen LogP contribution in [0.15, 0.2) is 48.8 Å². The molecule has 13 heteroatoms. The van der Waals surface area contributed by atoms with Crippen LogP contribution in [0.5, 0.6) is 11.6 Å². The smallest absolute Gasteiger partial charge is 0.418 e. The van der Waals surface area contributed by atoms with Gasteiger partial charge in [-0.05, 0) is 55.4 Å². The highest BCUT2D eigenvalue weighted by molar-refractivity contribution is 6.03. The molecule has 210 valence electrons. The quantitative estimate of drug-likeness (QED) is 0.475. The third-order valence-corrected chi connectivity index (χ3v) is 6.76. The van der Waals surface area contributed by atoms with Gasteiger partial charge in [0.2, 0.25) is 11.8 Å². The van der Waals surface area contributed by atoms with E-state index in [2.05, 4.69) is 25.5 Å². The molecule has 0 spiro atoms. The van der Waals surface area contributed by atoms with Crippen molar-refractivity contribution in [2.24, 2.45) is 0 Å². The van der Waals surface area contributed by atoms with Gasteiger partial charge in [-0.2, -0.15) is 13.2 Å². The first-order valence-corrected chi connectivity index (χ1v) is 12.7. The second-order valence-corrected chi connectivity index (χ2v) is 9.67. The van der Waals surface area contributed by atoms with Crippen LogP contribution in [-0.4, -0.2) is 66.6 Å². The third kappa shape index (κ3) is 6.09. The highest BCUT2D eigenvalue weighted by Crippen LogP contribution is 2.39. The van der Waals surface area contributed by atoms with E-state index in [0.29, 0.717) is 56.4 Å². The van der Waals surface area contributed by atoms with Crippen LogP contribution >= 0.6 is 0 Å². The maximum Gasteiger partial charge on any atom is 0.418 e. The lowest BCUT2D eigenvalue weighted by Gasteiger charge is -2.35. The van der Waals surface area contributed by atoms with Crippen molar-refractivity contribution in [3.63, 3.8) is 0 Å². The van der Waals surface area contributed by atoms with Crippen molar-refractivity contribution < 1.29 is 27.5 Å². The number of piperazine rings is 1. The first kappa shape index (κ1) is 27.2. The molecule has 3 amide bonds. The molecule has 2 aliphatic rings. The number of hydrogen-bond donors (Lipinski definition) is 2. The monoisotopic (exact) mass is 555 g/mol. The lowest BCUT2D eigenvalue weighted by Crippen LogP contribution is -2.45.